The van der Waals surface area contributed by atoms with E-state index in [4.69, 9.17) is 0 Å². The molecule has 0 atom stereocenters. The molecule has 1 fully saturated rings. The van der Waals surface area contributed by atoms with Crippen molar-refractivity contribution in [2.24, 2.45) is 5.92 Å². The largest absolute Gasteiger partial charge is 0.371 e. The van der Waals surface area contributed by atoms with Crippen molar-refractivity contribution in [3.63, 3.8) is 0 Å². The van der Waals surface area contributed by atoms with E-state index in [2.05, 4.69) is 77.2 Å². The quantitative estimate of drug-likeness (QED) is 0.645. The molecular weight excluding hydrogens is 358 g/mol. The Balaban J connectivity index is 1.35. The number of hydrogen-bond acceptors (Lipinski definition) is 2. The van der Waals surface area contributed by atoms with Crippen LogP contribution in [0.15, 0.2) is 66.9 Å². The van der Waals surface area contributed by atoms with E-state index in [0.717, 1.165) is 38.2 Å². The first-order valence-corrected chi connectivity index (χ1v) is 10.5. The Morgan fingerprint density at radius 1 is 0.897 bits per heavy atom. The van der Waals surface area contributed by atoms with Crippen LogP contribution in [0, 0.1) is 12.8 Å². The van der Waals surface area contributed by atoms with Crippen LogP contribution in [-0.4, -0.2) is 23.6 Å². The van der Waals surface area contributed by atoms with Crippen LogP contribution in [0.25, 0.3) is 0 Å². The van der Waals surface area contributed by atoms with Gasteiger partial charge in [0.1, 0.15) is 0 Å². The molecule has 0 saturated carbocycles. The number of para-hydroxylation sites is 1. The van der Waals surface area contributed by atoms with E-state index in [-0.39, 0.29) is 11.8 Å². The number of amides is 1. The third-order valence-electron chi connectivity index (χ3n) is 6.38. The van der Waals surface area contributed by atoms with Gasteiger partial charge in [0.25, 0.3) is 0 Å². The summed E-state index contributed by atoms with van der Waals surface area (Å²) in [6, 6.07) is 21.3. The first kappa shape index (κ1) is 18.0. The summed E-state index contributed by atoms with van der Waals surface area (Å²) >= 11 is 0. The van der Waals surface area contributed by atoms with Crippen molar-refractivity contribution in [3.8, 4) is 0 Å². The molecule has 1 aromatic heterocycles. The highest BCUT2D eigenvalue weighted by molar-refractivity contribution is 5.96. The van der Waals surface area contributed by atoms with Crippen molar-refractivity contribution >= 4 is 17.3 Å². The predicted octanol–water partition coefficient (Wildman–Crippen LogP) is 4.61. The number of aryl methyl sites for hydroxylation is 1. The molecule has 29 heavy (non-hydrogen) atoms. The normalized spacial score (nSPS) is 16.9. The summed E-state index contributed by atoms with van der Waals surface area (Å²) in [6.07, 6.45) is 3.93. The molecule has 1 amide bonds. The third kappa shape index (κ3) is 3.44. The molecule has 2 aliphatic rings. The average molecular weight is 386 g/mol. The standard InChI is InChI=1S/C25H27N3O/c1-19-8-10-22(11-9-19)26-15-12-20(13-16-26)25(29)28-18-23-6-4-14-27(23)17-21-5-2-3-7-24(21)28/h2-11,14,20H,12-13,15-18H2,1H3. The fourth-order valence-electron chi connectivity index (χ4n) is 4.64. The van der Waals surface area contributed by atoms with E-state index < -0.39 is 0 Å². The van der Waals surface area contributed by atoms with Crippen LogP contribution in [-0.2, 0) is 17.9 Å². The van der Waals surface area contributed by atoms with Crippen LogP contribution in [0.4, 0.5) is 11.4 Å². The predicted molar refractivity (Wildman–Crippen MR) is 117 cm³/mol. The van der Waals surface area contributed by atoms with E-state index in [0.29, 0.717) is 6.54 Å². The van der Waals surface area contributed by atoms with Gasteiger partial charge in [-0.3, -0.25) is 4.79 Å². The summed E-state index contributed by atoms with van der Waals surface area (Å²) in [5.74, 6) is 0.363. The zero-order valence-electron chi connectivity index (χ0n) is 16.9. The summed E-state index contributed by atoms with van der Waals surface area (Å²) in [7, 11) is 0. The lowest BCUT2D eigenvalue weighted by Gasteiger charge is -2.35. The van der Waals surface area contributed by atoms with E-state index in [1.54, 1.807) is 0 Å². The van der Waals surface area contributed by atoms with E-state index in [9.17, 15) is 4.79 Å². The Labute approximate surface area is 172 Å². The highest BCUT2D eigenvalue weighted by Gasteiger charge is 2.31. The van der Waals surface area contributed by atoms with Crippen LogP contribution < -0.4 is 9.80 Å². The zero-order chi connectivity index (χ0) is 19.8. The number of carbonyl (C=O) groups is 1. The van der Waals surface area contributed by atoms with E-state index >= 15 is 0 Å². The maximum Gasteiger partial charge on any atom is 0.230 e. The van der Waals surface area contributed by atoms with Gasteiger partial charge in [-0.25, -0.2) is 0 Å². The van der Waals surface area contributed by atoms with Gasteiger partial charge in [-0.15, -0.1) is 0 Å². The Morgan fingerprint density at radius 2 is 1.66 bits per heavy atom. The van der Waals surface area contributed by atoms with Crippen LogP contribution in [0.3, 0.4) is 0 Å². The molecule has 0 radical (unpaired) electrons. The van der Waals surface area contributed by atoms with Crippen molar-refractivity contribution in [2.75, 3.05) is 22.9 Å². The molecule has 2 aromatic carbocycles. The number of nitrogens with zero attached hydrogens (tertiary/aromatic N) is 3. The second kappa shape index (κ2) is 7.43. The molecule has 1 saturated heterocycles. The molecule has 3 aromatic rings. The summed E-state index contributed by atoms with van der Waals surface area (Å²) in [4.78, 5) is 18.0. The second-order valence-electron chi connectivity index (χ2n) is 8.28. The molecule has 3 heterocycles. The number of rotatable bonds is 2. The van der Waals surface area contributed by atoms with Crippen molar-refractivity contribution in [1.82, 2.24) is 4.57 Å². The number of aromatic nitrogens is 1. The van der Waals surface area contributed by atoms with Crippen LogP contribution in [0.5, 0.6) is 0 Å². The molecule has 0 bridgehead atoms. The van der Waals surface area contributed by atoms with Crippen molar-refractivity contribution in [2.45, 2.75) is 32.9 Å². The number of benzene rings is 2. The minimum absolute atomic E-state index is 0.0891. The maximum absolute atomic E-state index is 13.6. The van der Waals surface area contributed by atoms with Crippen molar-refractivity contribution in [1.29, 1.82) is 0 Å². The summed E-state index contributed by atoms with van der Waals surface area (Å²) in [5, 5.41) is 0. The number of fused-ring (bicyclic) bond motifs is 2. The molecule has 0 N–H and O–H groups in total. The van der Waals surface area contributed by atoms with E-state index in [1.807, 2.05) is 11.0 Å². The monoisotopic (exact) mass is 385 g/mol. The van der Waals surface area contributed by atoms with E-state index in [1.165, 1.54) is 22.5 Å². The highest BCUT2D eigenvalue weighted by atomic mass is 16.2. The lowest BCUT2D eigenvalue weighted by atomic mass is 9.94. The summed E-state index contributed by atoms with van der Waals surface area (Å²) in [5.41, 5.74) is 6.03. The van der Waals surface area contributed by atoms with Gasteiger partial charge >= 0.3 is 0 Å². The molecule has 5 rings (SSSR count). The first-order valence-electron chi connectivity index (χ1n) is 10.5. The minimum Gasteiger partial charge on any atom is -0.371 e. The molecule has 4 heteroatoms. The summed E-state index contributed by atoms with van der Waals surface area (Å²) < 4.78 is 2.26. The Morgan fingerprint density at radius 3 is 2.45 bits per heavy atom. The molecule has 0 aliphatic carbocycles. The number of hydrogen-bond donors (Lipinski definition) is 0. The third-order valence-corrected chi connectivity index (χ3v) is 6.38. The molecule has 0 spiro atoms. The van der Waals surface area contributed by atoms with Gasteiger partial charge in [-0.05, 0) is 55.7 Å². The molecule has 148 valence electrons. The van der Waals surface area contributed by atoms with Gasteiger partial charge in [-0.2, -0.15) is 0 Å². The fraction of sp³-hybridized carbons (Fsp3) is 0.320. The number of anilines is 2. The van der Waals surface area contributed by atoms with Crippen LogP contribution in [0.1, 0.15) is 29.7 Å². The maximum atomic E-state index is 13.6. The van der Waals surface area contributed by atoms with Crippen molar-refractivity contribution in [3.05, 3.63) is 83.7 Å². The molecule has 2 aliphatic heterocycles. The Hall–Kier alpha value is -3.01. The smallest absolute Gasteiger partial charge is 0.230 e. The van der Waals surface area contributed by atoms with Gasteiger partial charge in [-0.1, -0.05) is 35.9 Å². The first-order chi connectivity index (χ1) is 14.2. The summed E-state index contributed by atoms with van der Waals surface area (Å²) in [6.45, 7) is 5.47. The SMILES string of the molecule is Cc1ccc(N2CCC(C(=O)N3Cc4cccn4Cc4ccccc43)CC2)cc1. The number of carbonyl (C=O) groups excluding carboxylic acids is 1. The topological polar surface area (TPSA) is 28.5 Å². The van der Waals surface area contributed by atoms with Gasteiger partial charge in [0.05, 0.1) is 6.54 Å². The second-order valence-corrected chi connectivity index (χ2v) is 8.28. The van der Waals surface area contributed by atoms with Crippen LogP contribution in [0.2, 0.25) is 0 Å². The van der Waals surface area contributed by atoms with Gasteiger partial charge in [0.15, 0.2) is 0 Å². The highest BCUT2D eigenvalue weighted by Crippen LogP contribution is 2.32. The molecular formula is C25H27N3O. The fourth-order valence-corrected chi connectivity index (χ4v) is 4.64. The van der Waals surface area contributed by atoms with Crippen LogP contribution >= 0.6 is 0 Å². The lowest BCUT2D eigenvalue weighted by Crippen LogP contribution is -2.42. The lowest BCUT2D eigenvalue weighted by molar-refractivity contribution is -0.123. The van der Waals surface area contributed by atoms with Gasteiger partial charge in [0.2, 0.25) is 5.91 Å². The van der Waals surface area contributed by atoms with Gasteiger partial charge in [0, 0.05) is 48.8 Å². The minimum atomic E-state index is 0.0891. The molecule has 4 nitrogen and oxygen atoms in total. The Bertz CT molecular complexity index is 1010. The Kier molecular flexibility index (Phi) is 4.62. The average Bonchev–Trinajstić information content (AvgIpc) is 3.13. The van der Waals surface area contributed by atoms with Gasteiger partial charge < -0.3 is 14.4 Å². The number of piperidine rings is 1. The van der Waals surface area contributed by atoms with Crippen molar-refractivity contribution < 1.29 is 4.79 Å². The molecule has 0 unspecified atom stereocenters. The zero-order valence-corrected chi connectivity index (χ0v) is 16.9.